The molecule has 106 valence electrons. The number of ether oxygens (including phenoxy) is 1. The molecular weight excluding hydrogens is 272 g/mol. The molecule has 19 heavy (non-hydrogen) atoms. The Balaban J connectivity index is 2.03. The summed E-state index contributed by atoms with van der Waals surface area (Å²) in [4.78, 5) is 0. The Kier molecular flexibility index (Phi) is 4.76. The minimum Gasteiger partial charge on any atom is -0.379 e. The Morgan fingerprint density at radius 2 is 2.32 bits per heavy atom. The summed E-state index contributed by atoms with van der Waals surface area (Å²) in [6.45, 7) is 3.34. The molecule has 2 atom stereocenters. The van der Waals surface area contributed by atoms with Gasteiger partial charge in [-0.15, -0.1) is 0 Å². The van der Waals surface area contributed by atoms with Crippen molar-refractivity contribution in [3.63, 3.8) is 0 Å². The van der Waals surface area contributed by atoms with Gasteiger partial charge in [-0.25, -0.2) is 8.78 Å². The summed E-state index contributed by atoms with van der Waals surface area (Å²) in [5, 5.41) is 3.47. The summed E-state index contributed by atoms with van der Waals surface area (Å²) in [7, 11) is 0. The van der Waals surface area contributed by atoms with E-state index in [0.29, 0.717) is 13.2 Å². The zero-order chi connectivity index (χ0) is 13.9. The van der Waals surface area contributed by atoms with Crippen LogP contribution >= 0.6 is 11.6 Å². The lowest BCUT2D eigenvalue weighted by molar-refractivity contribution is 0.0481. The average Bonchev–Trinajstić information content (AvgIpc) is 2.35. The second kappa shape index (κ2) is 6.16. The summed E-state index contributed by atoms with van der Waals surface area (Å²) in [5.74, 6) is -0.454. The highest BCUT2D eigenvalue weighted by molar-refractivity contribution is 6.31. The highest BCUT2D eigenvalue weighted by atomic mass is 35.5. The van der Waals surface area contributed by atoms with E-state index in [-0.39, 0.29) is 29.5 Å². The van der Waals surface area contributed by atoms with Crippen LogP contribution < -0.4 is 5.32 Å². The first-order chi connectivity index (χ1) is 8.98. The number of alkyl halides is 1. The molecule has 2 rings (SSSR count). The minimum atomic E-state index is -1.52. The molecule has 0 aliphatic carbocycles. The molecule has 0 radical (unpaired) electrons. The quantitative estimate of drug-likeness (QED) is 0.919. The van der Waals surface area contributed by atoms with Gasteiger partial charge in [-0.05, 0) is 25.5 Å². The molecule has 1 heterocycles. The molecule has 0 bridgehead atoms. The topological polar surface area (TPSA) is 21.3 Å². The van der Waals surface area contributed by atoms with Gasteiger partial charge < -0.3 is 10.1 Å². The van der Waals surface area contributed by atoms with Gasteiger partial charge in [-0.3, -0.25) is 0 Å². The SMILES string of the molecule is CC(F)(Cc1c(F)cccc1Cl)CC1COCCN1. The van der Waals surface area contributed by atoms with Crippen molar-refractivity contribution in [2.75, 3.05) is 19.8 Å². The lowest BCUT2D eigenvalue weighted by atomic mass is 9.91. The van der Waals surface area contributed by atoms with E-state index >= 15 is 0 Å². The van der Waals surface area contributed by atoms with Gasteiger partial charge in [0.1, 0.15) is 11.5 Å². The fourth-order valence-electron chi connectivity index (χ4n) is 2.41. The van der Waals surface area contributed by atoms with E-state index in [9.17, 15) is 8.78 Å². The van der Waals surface area contributed by atoms with Gasteiger partial charge in [0.25, 0.3) is 0 Å². The molecule has 0 spiro atoms. The Morgan fingerprint density at radius 1 is 1.53 bits per heavy atom. The zero-order valence-corrected chi connectivity index (χ0v) is 11.6. The molecule has 1 aliphatic rings. The normalized spacial score (nSPS) is 23.1. The molecule has 1 fully saturated rings. The molecule has 0 saturated carbocycles. The van der Waals surface area contributed by atoms with Crippen molar-refractivity contribution in [2.45, 2.75) is 31.5 Å². The predicted octanol–water partition coefficient (Wildman–Crippen LogP) is 3.13. The van der Waals surface area contributed by atoms with Crippen LogP contribution in [0.15, 0.2) is 18.2 Å². The van der Waals surface area contributed by atoms with E-state index in [0.717, 1.165) is 6.54 Å². The van der Waals surface area contributed by atoms with Crippen LogP contribution in [0.3, 0.4) is 0 Å². The minimum absolute atomic E-state index is 0.0311. The van der Waals surface area contributed by atoms with Crippen LogP contribution in [0.4, 0.5) is 8.78 Å². The summed E-state index contributed by atoms with van der Waals surface area (Å²) in [5.41, 5.74) is -1.28. The Morgan fingerprint density at radius 3 is 2.95 bits per heavy atom. The molecule has 2 nitrogen and oxygen atoms in total. The number of hydrogen-bond acceptors (Lipinski definition) is 2. The van der Waals surface area contributed by atoms with E-state index in [2.05, 4.69) is 5.32 Å². The lowest BCUT2D eigenvalue weighted by Crippen LogP contribution is -2.45. The maximum atomic E-state index is 14.6. The van der Waals surface area contributed by atoms with Crippen molar-refractivity contribution in [2.24, 2.45) is 0 Å². The van der Waals surface area contributed by atoms with Crippen molar-refractivity contribution < 1.29 is 13.5 Å². The third-order valence-electron chi connectivity index (χ3n) is 3.28. The van der Waals surface area contributed by atoms with Gasteiger partial charge in [0.15, 0.2) is 0 Å². The number of benzene rings is 1. The number of morpholine rings is 1. The number of halogens is 3. The summed E-state index contributed by atoms with van der Waals surface area (Å²) >= 11 is 5.93. The molecule has 2 unspecified atom stereocenters. The van der Waals surface area contributed by atoms with Crippen molar-refractivity contribution in [3.8, 4) is 0 Å². The van der Waals surface area contributed by atoms with Crippen molar-refractivity contribution in [3.05, 3.63) is 34.6 Å². The number of rotatable bonds is 4. The molecule has 1 aromatic rings. The molecule has 0 amide bonds. The van der Waals surface area contributed by atoms with Crippen LogP contribution in [0.2, 0.25) is 5.02 Å². The first-order valence-corrected chi connectivity index (χ1v) is 6.79. The van der Waals surface area contributed by atoms with Crippen molar-refractivity contribution >= 4 is 11.6 Å². The predicted molar refractivity (Wildman–Crippen MR) is 71.9 cm³/mol. The fourth-order valence-corrected chi connectivity index (χ4v) is 2.64. The van der Waals surface area contributed by atoms with Gasteiger partial charge in [0, 0.05) is 29.6 Å². The van der Waals surface area contributed by atoms with E-state index in [1.807, 2.05) is 0 Å². The monoisotopic (exact) mass is 289 g/mol. The van der Waals surface area contributed by atoms with Crippen LogP contribution in [0.25, 0.3) is 0 Å². The highest BCUT2D eigenvalue weighted by Crippen LogP contribution is 2.29. The zero-order valence-electron chi connectivity index (χ0n) is 10.9. The van der Waals surface area contributed by atoms with Crippen LogP contribution in [0, 0.1) is 5.82 Å². The third-order valence-corrected chi connectivity index (χ3v) is 3.63. The molecule has 1 saturated heterocycles. The summed E-state index contributed by atoms with van der Waals surface area (Å²) in [6.07, 6.45) is 0.244. The Labute approximate surface area is 117 Å². The van der Waals surface area contributed by atoms with Crippen LogP contribution in [-0.4, -0.2) is 31.5 Å². The van der Waals surface area contributed by atoms with Crippen LogP contribution in [0.1, 0.15) is 18.9 Å². The first-order valence-electron chi connectivity index (χ1n) is 6.41. The van der Waals surface area contributed by atoms with Crippen molar-refractivity contribution in [1.82, 2.24) is 5.32 Å². The Bertz CT molecular complexity index is 413. The maximum absolute atomic E-state index is 14.6. The van der Waals surface area contributed by atoms with E-state index < -0.39 is 11.5 Å². The second-order valence-corrected chi connectivity index (χ2v) is 5.63. The molecule has 5 heteroatoms. The molecule has 1 aromatic carbocycles. The second-order valence-electron chi connectivity index (χ2n) is 5.22. The summed E-state index contributed by atoms with van der Waals surface area (Å²) in [6, 6.07) is 4.37. The third kappa shape index (κ3) is 4.13. The molecular formula is C14H18ClF2NO. The van der Waals surface area contributed by atoms with E-state index in [1.54, 1.807) is 6.07 Å². The average molecular weight is 290 g/mol. The summed E-state index contributed by atoms with van der Waals surface area (Å²) < 4.78 is 33.6. The number of nitrogens with one attached hydrogen (secondary N) is 1. The van der Waals surface area contributed by atoms with Crippen molar-refractivity contribution in [1.29, 1.82) is 0 Å². The van der Waals surface area contributed by atoms with Crippen LogP contribution in [0.5, 0.6) is 0 Å². The fraction of sp³-hybridized carbons (Fsp3) is 0.571. The molecule has 1 aliphatic heterocycles. The Hall–Kier alpha value is -0.710. The largest absolute Gasteiger partial charge is 0.379 e. The van der Waals surface area contributed by atoms with E-state index in [1.165, 1.54) is 19.1 Å². The smallest absolute Gasteiger partial charge is 0.128 e. The standard InChI is InChI=1S/C14H18ClF2NO/c1-14(17,7-10-9-19-6-5-18-10)8-11-12(15)3-2-4-13(11)16/h2-4,10,18H,5-9H2,1H3. The molecule has 1 N–H and O–H groups in total. The van der Waals surface area contributed by atoms with Gasteiger partial charge in [-0.1, -0.05) is 17.7 Å². The lowest BCUT2D eigenvalue weighted by Gasteiger charge is -2.30. The van der Waals surface area contributed by atoms with Gasteiger partial charge in [0.05, 0.1) is 13.2 Å². The molecule has 0 aromatic heterocycles. The first kappa shape index (κ1) is 14.7. The van der Waals surface area contributed by atoms with Gasteiger partial charge in [-0.2, -0.15) is 0 Å². The maximum Gasteiger partial charge on any atom is 0.128 e. The number of hydrogen-bond donors (Lipinski definition) is 1. The highest BCUT2D eigenvalue weighted by Gasteiger charge is 2.30. The van der Waals surface area contributed by atoms with Crippen LogP contribution in [-0.2, 0) is 11.2 Å². The van der Waals surface area contributed by atoms with Gasteiger partial charge in [0.2, 0.25) is 0 Å². The van der Waals surface area contributed by atoms with Gasteiger partial charge >= 0.3 is 0 Å². The van der Waals surface area contributed by atoms with E-state index in [4.69, 9.17) is 16.3 Å².